The monoisotopic (exact) mass is 360 g/mol. The van der Waals surface area contributed by atoms with Crippen molar-refractivity contribution in [3.05, 3.63) is 29.2 Å². The van der Waals surface area contributed by atoms with Crippen molar-refractivity contribution >= 4 is 0 Å². The lowest BCUT2D eigenvalue weighted by atomic mass is 9.97. The van der Waals surface area contributed by atoms with Crippen LogP contribution in [0.25, 0.3) is 0 Å². The summed E-state index contributed by atoms with van der Waals surface area (Å²) in [5, 5.41) is 13.0. The number of hydrogen-bond donors (Lipinski definition) is 0. The summed E-state index contributed by atoms with van der Waals surface area (Å²) < 4.78 is 13.0. The first-order valence-electron chi connectivity index (χ1n) is 9.52. The Morgan fingerprint density at radius 2 is 1.96 bits per heavy atom. The Balaban J connectivity index is 1.40. The minimum absolute atomic E-state index is 0.420. The van der Waals surface area contributed by atoms with Crippen LogP contribution in [0.4, 0.5) is 0 Å². The van der Waals surface area contributed by atoms with Gasteiger partial charge in [-0.2, -0.15) is 0 Å². The summed E-state index contributed by atoms with van der Waals surface area (Å²) in [6, 6.07) is 2.02. The number of nitrogens with zero attached hydrogens (tertiary/aromatic N) is 6. The van der Waals surface area contributed by atoms with E-state index in [4.69, 9.17) is 9.26 Å². The molecule has 0 bridgehead atoms. The smallest absolute Gasteiger partial charge is 0.150 e. The van der Waals surface area contributed by atoms with Crippen molar-refractivity contribution in [3.63, 3.8) is 0 Å². The van der Waals surface area contributed by atoms with Crippen LogP contribution in [0, 0.1) is 6.92 Å². The fourth-order valence-corrected chi connectivity index (χ4v) is 3.95. The molecule has 0 amide bonds. The van der Waals surface area contributed by atoms with E-state index in [0.29, 0.717) is 5.92 Å². The van der Waals surface area contributed by atoms with Crippen molar-refractivity contribution in [3.8, 4) is 0 Å². The van der Waals surface area contributed by atoms with Crippen LogP contribution in [0.3, 0.4) is 0 Å². The number of likely N-dealkylation sites (tertiary alicyclic amines) is 1. The lowest BCUT2D eigenvalue weighted by Crippen LogP contribution is -2.36. The third-order valence-corrected chi connectivity index (χ3v) is 5.39. The summed E-state index contributed by atoms with van der Waals surface area (Å²) in [4.78, 5) is 4.82. The second-order valence-corrected chi connectivity index (χ2v) is 7.43. The molecule has 2 aliphatic heterocycles. The molecule has 0 spiro atoms. The van der Waals surface area contributed by atoms with E-state index in [1.807, 2.05) is 13.0 Å². The van der Waals surface area contributed by atoms with Gasteiger partial charge in [-0.3, -0.25) is 9.80 Å². The van der Waals surface area contributed by atoms with Crippen LogP contribution in [0.5, 0.6) is 0 Å². The van der Waals surface area contributed by atoms with Gasteiger partial charge in [-0.05, 0) is 26.3 Å². The molecular formula is C18H28N6O2. The first kappa shape index (κ1) is 17.6. The molecule has 0 aromatic carbocycles. The number of rotatable bonds is 5. The Hall–Kier alpha value is -1.77. The van der Waals surface area contributed by atoms with Gasteiger partial charge < -0.3 is 13.8 Å². The lowest BCUT2D eigenvalue weighted by molar-refractivity contribution is 0.0326. The summed E-state index contributed by atoms with van der Waals surface area (Å²) in [5.74, 6) is 3.51. The first-order valence-corrected chi connectivity index (χ1v) is 9.52. The van der Waals surface area contributed by atoms with Gasteiger partial charge in [0.15, 0.2) is 5.76 Å². The molecule has 4 heterocycles. The minimum Gasteiger partial charge on any atom is -0.379 e. The van der Waals surface area contributed by atoms with E-state index in [1.165, 1.54) is 6.42 Å². The van der Waals surface area contributed by atoms with E-state index in [9.17, 15) is 0 Å². The molecule has 0 radical (unpaired) electrons. The predicted octanol–water partition coefficient (Wildman–Crippen LogP) is 1.32. The van der Waals surface area contributed by atoms with Crippen LogP contribution in [0.1, 0.15) is 41.9 Å². The molecule has 8 nitrogen and oxygen atoms in total. The van der Waals surface area contributed by atoms with E-state index < -0.39 is 0 Å². The van der Waals surface area contributed by atoms with Crippen LogP contribution in [-0.4, -0.2) is 69.1 Å². The van der Waals surface area contributed by atoms with E-state index in [2.05, 4.69) is 36.8 Å². The molecule has 142 valence electrons. The van der Waals surface area contributed by atoms with Gasteiger partial charge in [0.05, 0.1) is 32.0 Å². The second kappa shape index (κ2) is 7.85. The van der Waals surface area contributed by atoms with Crippen LogP contribution in [-0.2, 0) is 24.9 Å². The fourth-order valence-electron chi connectivity index (χ4n) is 3.95. The average Bonchev–Trinajstić information content (AvgIpc) is 3.22. The zero-order chi connectivity index (χ0) is 17.9. The molecule has 0 N–H and O–H groups in total. The first-order chi connectivity index (χ1) is 12.7. The number of aromatic nitrogens is 4. The maximum absolute atomic E-state index is 5.43. The summed E-state index contributed by atoms with van der Waals surface area (Å²) >= 11 is 0. The Bertz CT molecular complexity index is 721. The highest BCUT2D eigenvalue weighted by atomic mass is 16.5. The Kier molecular flexibility index (Phi) is 5.33. The molecule has 1 atom stereocenters. The van der Waals surface area contributed by atoms with Crippen LogP contribution < -0.4 is 0 Å². The third-order valence-electron chi connectivity index (χ3n) is 5.39. The highest BCUT2D eigenvalue weighted by molar-refractivity contribution is 5.06. The van der Waals surface area contributed by atoms with Gasteiger partial charge >= 0.3 is 0 Å². The predicted molar refractivity (Wildman–Crippen MR) is 95.6 cm³/mol. The number of hydrogen-bond acceptors (Lipinski definition) is 7. The van der Waals surface area contributed by atoms with Gasteiger partial charge in [0.2, 0.25) is 0 Å². The van der Waals surface area contributed by atoms with E-state index in [-0.39, 0.29) is 0 Å². The number of aryl methyl sites for hydroxylation is 1. The standard InChI is InChI=1S/C18H28N6O2/c1-14-10-16(26-21-14)12-24-5-3-4-15(11-24)18-20-19-17(22(18)2)13-23-6-8-25-9-7-23/h10,15H,3-9,11-13H2,1-2H3. The third kappa shape index (κ3) is 3.97. The molecule has 4 rings (SSSR count). The second-order valence-electron chi connectivity index (χ2n) is 7.43. The van der Waals surface area contributed by atoms with Crippen molar-refractivity contribution in [1.29, 1.82) is 0 Å². The van der Waals surface area contributed by atoms with Gasteiger partial charge in [-0.25, -0.2) is 0 Å². The molecule has 2 fully saturated rings. The Labute approximate surface area is 154 Å². The Morgan fingerprint density at radius 3 is 2.73 bits per heavy atom. The van der Waals surface area contributed by atoms with Crippen molar-refractivity contribution in [2.45, 2.75) is 38.8 Å². The SMILES string of the molecule is Cc1cc(CN2CCCC(c3nnc(CN4CCOCC4)n3C)C2)on1. The molecule has 1 unspecified atom stereocenters. The van der Waals surface area contributed by atoms with E-state index in [0.717, 1.165) is 82.0 Å². The van der Waals surface area contributed by atoms with E-state index >= 15 is 0 Å². The van der Waals surface area contributed by atoms with Crippen LogP contribution in [0.15, 0.2) is 10.6 Å². The fraction of sp³-hybridized carbons (Fsp3) is 0.722. The van der Waals surface area contributed by atoms with Crippen LogP contribution >= 0.6 is 0 Å². The zero-order valence-corrected chi connectivity index (χ0v) is 15.7. The van der Waals surface area contributed by atoms with Gasteiger partial charge in [0.25, 0.3) is 0 Å². The molecule has 2 aromatic heterocycles. The van der Waals surface area contributed by atoms with Crippen LogP contribution in [0.2, 0.25) is 0 Å². The molecular weight excluding hydrogens is 332 g/mol. The molecule has 2 aromatic rings. The minimum atomic E-state index is 0.420. The van der Waals surface area contributed by atoms with Gasteiger partial charge in [-0.1, -0.05) is 5.16 Å². The summed E-state index contributed by atoms with van der Waals surface area (Å²) in [5.41, 5.74) is 0.939. The summed E-state index contributed by atoms with van der Waals surface area (Å²) in [6.07, 6.45) is 2.33. The zero-order valence-electron chi connectivity index (χ0n) is 15.7. The molecule has 2 saturated heterocycles. The highest BCUT2D eigenvalue weighted by Crippen LogP contribution is 2.27. The van der Waals surface area contributed by atoms with Crippen molar-refractivity contribution in [2.24, 2.45) is 7.05 Å². The van der Waals surface area contributed by atoms with Gasteiger partial charge in [0.1, 0.15) is 11.6 Å². The average molecular weight is 360 g/mol. The Morgan fingerprint density at radius 1 is 1.12 bits per heavy atom. The molecule has 26 heavy (non-hydrogen) atoms. The number of piperidine rings is 1. The number of ether oxygens (including phenoxy) is 1. The number of morpholine rings is 1. The quantitative estimate of drug-likeness (QED) is 0.796. The molecule has 0 saturated carbocycles. The largest absolute Gasteiger partial charge is 0.379 e. The topological polar surface area (TPSA) is 72.5 Å². The molecule has 0 aliphatic carbocycles. The van der Waals surface area contributed by atoms with Gasteiger partial charge in [0, 0.05) is 38.7 Å². The normalized spacial score (nSPS) is 22.8. The molecule has 2 aliphatic rings. The highest BCUT2D eigenvalue weighted by Gasteiger charge is 2.27. The summed E-state index contributed by atoms with van der Waals surface area (Å²) in [6.45, 7) is 9.26. The summed E-state index contributed by atoms with van der Waals surface area (Å²) in [7, 11) is 2.10. The maximum atomic E-state index is 5.43. The van der Waals surface area contributed by atoms with Crippen molar-refractivity contribution < 1.29 is 9.26 Å². The lowest BCUT2D eigenvalue weighted by Gasteiger charge is -2.31. The molecule has 8 heteroatoms. The maximum Gasteiger partial charge on any atom is 0.150 e. The van der Waals surface area contributed by atoms with Crippen molar-refractivity contribution in [2.75, 3.05) is 39.4 Å². The van der Waals surface area contributed by atoms with Crippen molar-refractivity contribution in [1.82, 2.24) is 29.7 Å². The van der Waals surface area contributed by atoms with E-state index in [1.54, 1.807) is 0 Å². The van der Waals surface area contributed by atoms with Gasteiger partial charge in [-0.15, -0.1) is 10.2 Å².